The molecule has 4 rings (SSSR count). The summed E-state index contributed by atoms with van der Waals surface area (Å²) in [4.78, 5) is 16.9. The summed E-state index contributed by atoms with van der Waals surface area (Å²) in [7, 11) is 0. The number of halogens is 3. The van der Waals surface area contributed by atoms with Crippen LogP contribution in [0.25, 0.3) is 22.6 Å². The van der Waals surface area contributed by atoms with Crippen molar-refractivity contribution in [1.29, 1.82) is 0 Å². The molecule has 0 atom stereocenters. The maximum Gasteiger partial charge on any atom is 0.257 e. The molecule has 1 N–H and O–H groups in total. The fraction of sp³-hybridized carbons (Fsp3) is 0. The number of benzene rings is 3. The van der Waals surface area contributed by atoms with E-state index in [0.717, 1.165) is 0 Å². The zero-order chi connectivity index (χ0) is 19.0. The number of rotatable bonds is 3. The van der Waals surface area contributed by atoms with E-state index in [-0.39, 0.29) is 5.91 Å². The standard InChI is InChI=1S/C20H11Cl3N2O2/c21-11-5-7-16(23)14(9-11)19(26)24-12-6-8-18-17(10-12)25-20(27-18)13-3-1-2-4-15(13)22/h1-10H,(H,24,26). The minimum absolute atomic E-state index is 0.293. The lowest BCUT2D eigenvalue weighted by Crippen LogP contribution is -2.12. The number of amides is 1. The number of nitrogens with one attached hydrogen (secondary N) is 1. The van der Waals surface area contributed by atoms with E-state index in [1.54, 1.807) is 36.4 Å². The molecule has 0 bridgehead atoms. The third-order valence-electron chi connectivity index (χ3n) is 3.92. The Balaban J connectivity index is 1.65. The lowest BCUT2D eigenvalue weighted by molar-refractivity contribution is 0.102. The van der Waals surface area contributed by atoms with Crippen LogP contribution in [0, 0.1) is 0 Å². The molecule has 0 aliphatic heterocycles. The Morgan fingerprint density at radius 1 is 0.926 bits per heavy atom. The number of hydrogen-bond donors (Lipinski definition) is 1. The second kappa shape index (κ2) is 7.24. The van der Waals surface area contributed by atoms with Gasteiger partial charge in [-0.3, -0.25) is 4.79 Å². The molecule has 1 heterocycles. The second-order valence-corrected chi connectivity index (χ2v) is 7.01. The molecule has 27 heavy (non-hydrogen) atoms. The van der Waals surface area contributed by atoms with Gasteiger partial charge in [0.25, 0.3) is 5.91 Å². The summed E-state index contributed by atoms with van der Waals surface area (Å²) < 4.78 is 5.77. The summed E-state index contributed by atoms with van der Waals surface area (Å²) in [6.45, 7) is 0. The number of anilines is 1. The Morgan fingerprint density at radius 3 is 2.56 bits per heavy atom. The summed E-state index contributed by atoms with van der Waals surface area (Å²) in [6, 6.07) is 17.2. The van der Waals surface area contributed by atoms with Crippen LogP contribution in [0.15, 0.2) is 65.1 Å². The molecule has 7 heteroatoms. The normalized spacial score (nSPS) is 10.9. The second-order valence-electron chi connectivity index (χ2n) is 5.76. The van der Waals surface area contributed by atoms with Crippen LogP contribution >= 0.6 is 34.8 Å². The fourth-order valence-corrected chi connectivity index (χ4v) is 3.22. The summed E-state index contributed by atoms with van der Waals surface area (Å²) in [5.41, 5.74) is 2.74. The Morgan fingerprint density at radius 2 is 1.74 bits per heavy atom. The number of carbonyl (C=O) groups is 1. The minimum atomic E-state index is -0.364. The van der Waals surface area contributed by atoms with E-state index < -0.39 is 0 Å². The van der Waals surface area contributed by atoms with Gasteiger partial charge in [0.2, 0.25) is 5.89 Å². The van der Waals surface area contributed by atoms with Gasteiger partial charge in [-0.1, -0.05) is 46.9 Å². The highest BCUT2D eigenvalue weighted by Gasteiger charge is 2.14. The van der Waals surface area contributed by atoms with E-state index in [9.17, 15) is 4.79 Å². The highest BCUT2D eigenvalue weighted by Crippen LogP contribution is 2.31. The number of fused-ring (bicyclic) bond motifs is 1. The van der Waals surface area contributed by atoms with Gasteiger partial charge in [0.1, 0.15) is 5.52 Å². The van der Waals surface area contributed by atoms with Gasteiger partial charge in [0.05, 0.1) is 21.2 Å². The summed E-state index contributed by atoms with van der Waals surface area (Å²) in [5, 5.41) is 4.09. The van der Waals surface area contributed by atoms with Crippen molar-refractivity contribution in [3.63, 3.8) is 0 Å². The van der Waals surface area contributed by atoms with Crippen molar-refractivity contribution in [3.8, 4) is 11.5 Å². The van der Waals surface area contributed by atoms with Gasteiger partial charge in [0.15, 0.2) is 5.58 Å². The molecule has 4 aromatic rings. The molecule has 0 unspecified atom stereocenters. The van der Waals surface area contributed by atoms with Crippen LogP contribution in [0.3, 0.4) is 0 Å². The first-order valence-corrected chi connectivity index (χ1v) is 9.06. The SMILES string of the molecule is O=C(Nc1ccc2oc(-c3ccccc3Cl)nc2c1)c1cc(Cl)ccc1Cl. The molecule has 0 radical (unpaired) electrons. The van der Waals surface area contributed by atoms with Crippen molar-refractivity contribution in [1.82, 2.24) is 4.98 Å². The third kappa shape index (κ3) is 3.65. The highest BCUT2D eigenvalue weighted by molar-refractivity contribution is 6.36. The van der Waals surface area contributed by atoms with Crippen LogP contribution < -0.4 is 5.32 Å². The molecule has 0 aliphatic rings. The Bertz CT molecular complexity index is 1170. The first kappa shape index (κ1) is 17.9. The molecule has 4 nitrogen and oxygen atoms in total. The van der Waals surface area contributed by atoms with E-state index in [4.69, 9.17) is 39.2 Å². The van der Waals surface area contributed by atoms with Gasteiger partial charge in [0, 0.05) is 10.7 Å². The van der Waals surface area contributed by atoms with Crippen LogP contribution in [0.2, 0.25) is 15.1 Å². The predicted octanol–water partition coefficient (Wildman–Crippen LogP) is 6.71. The van der Waals surface area contributed by atoms with Gasteiger partial charge >= 0.3 is 0 Å². The average molecular weight is 418 g/mol. The molecule has 3 aromatic carbocycles. The van der Waals surface area contributed by atoms with E-state index in [1.165, 1.54) is 6.07 Å². The van der Waals surface area contributed by atoms with Crippen molar-refractivity contribution >= 4 is 57.5 Å². The first-order chi connectivity index (χ1) is 13.0. The molecular formula is C20H11Cl3N2O2. The van der Waals surface area contributed by atoms with Crippen LogP contribution in [-0.2, 0) is 0 Å². The third-order valence-corrected chi connectivity index (χ3v) is 4.82. The number of carbonyl (C=O) groups excluding carboxylic acids is 1. The van der Waals surface area contributed by atoms with Crippen molar-refractivity contribution < 1.29 is 9.21 Å². The molecule has 1 amide bonds. The highest BCUT2D eigenvalue weighted by atomic mass is 35.5. The zero-order valence-corrected chi connectivity index (χ0v) is 15.9. The Hall–Kier alpha value is -2.53. The minimum Gasteiger partial charge on any atom is -0.436 e. The van der Waals surface area contributed by atoms with Crippen molar-refractivity contribution in [2.45, 2.75) is 0 Å². The molecule has 134 valence electrons. The van der Waals surface area contributed by atoms with Gasteiger partial charge in [-0.05, 0) is 48.5 Å². The average Bonchev–Trinajstić information content (AvgIpc) is 3.07. The van der Waals surface area contributed by atoms with Gasteiger partial charge in [-0.15, -0.1) is 0 Å². The monoisotopic (exact) mass is 416 g/mol. The largest absolute Gasteiger partial charge is 0.436 e. The van der Waals surface area contributed by atoms with Crippen LogP contribution in [0.1, 0.15) is 10.4 Å². The quantitative estimate of drug-likeness (QED) is 0.403. The van der Waals surface area contributed by atoms with Crippen molar-refractivity contribution in [2.75, 3.05) is 5.32 Å². The van der Waals surface area contributed by atoms with Gasteiger partial charge < -0.3 is 9.73 Å². The molecule has 1 aromatic heterocycles. The Kier molecular flexibility index (Phi) is 4.79. The van der Waals surface area contributed by atoms with E-state index in [0.29, 0.717) is 48.9 Å². The molecule has 0 aliphatic carbocycles. The smallest absolute Gasteiger partial charge is 0.257 e. The van der Waals surface area contributed by atoms with E-state index in [2.05, 4.69) is 10.3 Å². The Labute approximate surface area is 169 Å². The van der Waals surface area contributed by atoms with Crippen LogP contribution in [-0.4, -0.2) is 10.9 Å². The summed E-state index contributed by atoms with van der Waals surface area (Å²) in [6.07, 6.45) is 0. The summed E-state index contributed by atoms with van der Waals surface area (Å²) >= 11 is 18.2. The van der Waals surface area contributed by atoms with Crippen LogP contribution in [0.4, 0.5) is 5.69 Å². The number of oxazole rings is 1. The lowest BCUT2D eigenvalue weighted by Gasteiger charge is -2.07. The maximum absolute atomic E-state index is 12.5. The molecular weight excluding hydrogens is 407 g/mol. The lowest BCUT2D eigenvalue weighted by atomic mass is 10.2. The van der Waals surface area contributed by atoms with Crippen molar-refractivity contribution in [2.24, 2.45) is 0 Å². The molecule has 0 saturated carbocycles. The van der Waals surface area contributed by atoms with Crippen molar-refractivity contribution in [3.05, 3.63) is 81.3 Å². The zero-order valence-electron chi connectivity index (χ0n) is 13.7. The fourth-order valence-electron chi connectivity index (χ4n) is 2.62. The van der Waals surface area contributed by atoms with E-state index >= 15 is 0 Å². The molecule has 0 fully saturated rings. The topological polar surface area (TPSA) is 55.1 Å². The number of aromatic nitrogens is 1. The van der Waals surface area contributed by atoms with Gasteiger partial charge in [-0.25, -0.2) is 4.98 Å². The molecule has 0 saturated heterocycles. The summed E-state index contributed by atoms with van der Waals surface area (Å²) in [5.74, 6) is 0.0497. The predicted molar refractivity (Wildman–Crippen MR) is 109 cm³/mol. The van der Waals surface area contributed by atoms with E-state index in [1.807, 2.05) is 18.2 Å². The molecule has 0 spiro atoms. The maximum atomic E-state index is 12.5. The number of hydrogen-bond acceptors (Lipinski definition) is 3. The first-order valence-electron chi connectivity index (χ1n) is 7.93. The van der Waals surface area contributed by atoms with Crippen LogP contribution in [0.5, 0.6) is 0 Å². The number of nitrogens with zero attached hydrogens (tertiary/aromatic N) is 1. The van der Waals surface area contributed by atoms with Gasteiger partial charge in [-0.2, -0.15) is 0 Å².